The molecule has 2 heterocycles. The molecule has 0 aliphatic carbocycles. The fourth-order valence-electron chi connectivity index (χ4n) is 3.07. The van der Waals surface area contributed by atoms with Gasteiger partial charge in [-0.25, -0.2) is 0 Å². The predicted molar refractivity (Wildman–Crippen MR) is 81.9 cm³/mol. The van der Waals surface area contributed by atoms with E-state index in [4.69, 9.17) is 9.47 Å². The zero-order valence-electron chi connectivity index (χ0n) is 12.8. The number of ether oxygens (including phenoxy) is 2. The third kappa shape index (κ3) is 4.35. The van der Waals surface area contributed by atoms with Gasteiger partial charge in [0.2, 0.25) is 0 Å². The van der Waals surface area contributed by atoms with Gasteiger partial charge < -0.3 is 14.8 Å². The highest BCUT2D eigenvalue weighted by Gasteiger charge is 2.42. The van der Waals surface area contributed by atoms with Crippen LogP contribution in [0.25, 0.3) is 0 Å². The first-order valence-electron chi connectivity index (χ1n) is 7.47. The maximum atomic E-state index is 6.11. The number of rotatable bonds is 4. The van der Waals surface area contributed by atoms with Crippen molar-refractivity contribution in [1.29, 1.82) is 0 Å². The summed E-state index contributed by atoms with van der Waals surface area (Å²) in [5.74, 6) is 3.12. The van der Waals surface area contributed by atoms with Gasteiger partial charge in [0, 0.05) is 18.4 Å². The molecular weight excluding hydrogens is 258 g/mol. The number of hydrogen-bond acceptors (Lipinski definition) is 4. The summed E-state index contributed by atoms with van der Waals surface area (Å²) in [5.41, 5.74) is 0.117. The van der Waals surface area contributed by atoms with Crippen molar-refractivity contribution in [3.8, 4) is 0 Å². The van der Waals surface area contributed by atoms with E-state index in [0.29, 0.717) is 12.0 Å². The largest absolute Gasteiger partial charge is 0.374 e. The Bertz CT molecular complexity index is 284. The van der Waals surface area contributed by atoms with E-state index in [-0.39, 0.29) is 11.2 Å². The molecule has 1 spiro atoms. The smallest absolute Gasteiger partial charge is 0.0783 e. The molecule has 3 nitrogen and oxygen atoms in total. The van der Waals surface area contributed by atoms with Gasteiger partial charge >= 0.3 is 0 Å². The lowest BCUT2D eigenvalue weighted by Crippen LogP contribution is -2.48. The number of likely N-dealkylation sites (N-methyl/N-ethyl adjacent to an activating group) is 1. The summed E-state index contributed by atoms with van der Waals surface area (Å²) >= 11 is 2.04. The van der Waals surface area contributed by atoms with Crippen LogP contribution in [0.15, 0.2) is 0 Å². The summed E-state index contributed by atoms with van der Waals surface area (Å²) in [6.07, 6.45) is 3.58. The zero-order valence-corrected chi connectivity index (χ0v) is 13.6. The SMILES string of the molecule is CNC(COC(C)(C)C)C1CCOC2(CCSC2)C1. The lowest BCUT2D eigenvalue weighted by Gasteiger charge is -2.41. The highest BCUT2D eigenvalue weighted by Crippen LogP contribution is 2.41. The van der Waals surface area contributed by atoms with Crippen LogP contribution in [-0.4, -0.2) is 49.0 Å². The Hall–Kier alpha value is 0.230. The third-order valence-corrected chi connectivity index (χ3v) is 5.46. The molecule has 0 amide bonds. The van der Waals surface area contributed by atoms with Gasteiger partial charge in [0.15, 0.2) is 0 Å². The van der Waals surface area contributed by atoms with Crippen LogP contribution in [0.2, 0.25) is 0 Å². The van der Waals surface area contributed by atoms with Gasteiger partial charge in [0.25, 0.3) is 0 Å². The maximum Gasteiger partial charge on any atom is 0.0783 e. The molecule has 1 N–H and O–H groups in total. The molecule has 19 heavy (non-hydrogen) atoms. The Morgan fingerprint density at radius 2 is 2.26 bits per heavy atom. The molecule has 0 aromatic heterocycles. The van der Waals surface area contributed by atoms with E-state index in [0.717, 1.165) is 19.6 Å². The molecule has 0 radical (unpaired) electrons. The van der Waals surface area contributed by atoms with Crippen LogP contribution >= 0.6 is 11.8 Å². The van der Waals surface area contributed by atoms with Crippen molar-refractivity contribution in [2.24, 2.45) is 5.92 Å². The Labute approximate surface area is 122 Å². The summed E-state index contributed by atoms with van der Waals surface area (Å²) in [4.78, 5) is 0. The van der Waals surface area contributed by atoms with Crippen LogP contribution in [-0.2, 0) is 9.47 Å². The first-order chi connectivity index (χ1) is 8.94. The minimum Gasteiger partial charge on any atom is -0.374 e. The van der Waals surface area contributed by atoms with Gasteiger partial charge in [-0.15, -0.1) is 0 Å². The normalized spacial score (nSPS) is 33.8. The van der Waals surface area contributed by atoms with Gasteiger partial charge in [-0.05, 0) is 58.8 Å². The molecule has 2 rings (SSSR count). The summed E-state index contributed by atoms with van der Waals surface area (Å²) in [7, 11) is 2.06. The van der Waals surface area contributed by atoms with Crippen molar-refractivity contribution >= 4 is 11.8 Å². The lowest BCUT2D eigenvalue weighted by atomic mass is 9.81. The first kappa shape index (κ1) is 15.6. The Morgan fingerprint density at radius 1 is 1.47 bits per heavy atom. The van der Waals surface area contributed by atoms with E-state index in [2.05, 4.69) is 33.1 Å². The molecule has 0 aromatic carbocycles. The van der Waals surface area contributed by atoms with E-state index < -0.39 is 0 Å². The molecule has 0 saturated carbocycles. The van der Waals surface area contributed by atoms with Crippen LogP contribution in [0.5, 0.6) is 0 Å². The minimum atomic E-state index is -0.0544. The minimum absolute atomic E-state index is 0.0544. The van der Waals surface area contributed by atoms with Crippen molar-refractivity contribution in [3.63, 3.8) is 0 Å². The second-order valence-electron chi connectivity index (χ2n) is 6.91. The fraction of sp³-hybridized carbons (Fsp3) is 1.00. The third-order valence-electron chi connectivity index (χ3n) is 4.23. The van der Waals surface area contributed by atoms with Crippen LogP contribution in [0, 0.1) is 5.92 Å². The molecule has 2 fully saturated rings. The van der Waals surface area contributed by atoms with Gasteiger partial charge in [0.05, 0.1) is 17.8 Å². The molecule has 2 saturated heterocycles. The van der Waals surface area contributed by atoms with Gasteiger partial charge in [-0.3, -0.25) is 0 Å². The first-order valence-corrected chi connectivity index (χ1v) is 8.63. The summed E-state index contributed by atoms with van der Waals surface area (Å²) in [6, 6.07) is 0.450. The Kier molecular flexibility index (Phi) is 5.21. The topological polar surface area (TPSA) is 30.5 Å². The van der Waals surface area contributed by atoms with Crippen molar-refractivity contribution in [3.05, 3.63) is 0 Å². The Morgan fingerprint density at radius 3 is 2.84 bits per heavy atom. The maximum absolute atomic E-state index is 6.11. The standard InChI is InChI=1S/C15H29NO2S/c1-14(2,3)18-10-13(16-4)12-5-7-17-15(9-12)6-8-19-11-15/h12-13,16H,5-11H2,1-4H3. The summed E-state index contributed by atoms with van der Waals surface area (Å²) < 4.78 is 12.1. The number of hydrogen-bond donors (Lipinski definition) is 1. The van der Waals surface area contributed by atoms with Crippen molar-refractivity contribution in [2.45, 2.75) is 57.3 Å². The van der Waals surface area contributed by atoms with E-state index in [1.54, 1.807) is 0 Å². The molecule has 2 aliphatic heterocycles. The molecule has 3 unspecified atom stereocenters. The van der Waals surface area contributed by atoms with Crippen LogP contribution in [0.1, 0.15) is 40.0 Å². The molecule has 2 aliphatic rings. The van der Waals surface area contributed by atoms with Crippen LogP contribution < -0.4 is 5.32 Å². The summed E-state index contributed by atoms with van der Waals surface area (Å²) in [6.45, 7) is 8.09. The summed E-state index contributed by atoms with van der Waals surface area (Å²) in [5, 5.41) is 3.46. The van der Waals surface area contributed by atoms with Gasteiger partial charge in [0.1, 0.15) is 0 Å². The van der Waals surface area contributed by atoms with Gasteiger partial charge in [-0.1, -0.05) is 0 Å². The van der Waals surface area contributed by atoms with E-state index in [1.807, 2.05) is 11.8 Å². The second-order valence-corrected chi connectivity index (χ2v) is 8.01. The van der Waals surface area contributed by atoms with E-state index in [9.17, 15) is 0 Å². The second kappa shape index (κ2) is 6.33. The molecule has 4 heteroatoms. The van der Waals surface area contributed by atoms with Crippen molar-refractivity contribution < 1.29 is 9.47 Å². The molecule has 3 atom stereocenters. The number of thioether (sulfide) groups is 1. The lowest BCUT2D eigenvalue weighted by molar-refractivity contribution is -0.0954. The predicted octanol–water partition coefficient (Wildman–Crippen LogP) is 2.69. The average molecular weight is 287 g/mol. The molecule has 0 bridgehead atoms. The number of nitrogens with one attached hydrogen (secondary N) is 1. The van der Waals surface area contributed by atoms with Gasteiger partial charge in [-0.2, -0.15) is 11.8 Å². The average Bonchev–Trinajstić information content (AvgIpc) is 2.77. The highest BCUT2D eigenvalue weighted by molar-refractivity contribution is 7.99. The molecular formula is C15H29NO2S. The molecule has 0 aromatic rings. The Balaban J connectivity index is 1.90. The van der Waals surface area contributed by atoms with E-state index in [1.165, 1.54) is 24.3 Å². The van der Waals surface area contributed by atoms with Crippen molar-refractivity contribution in [2.75, 3.05) is 31.8 Å². The molecule has 112 valence electrons. The monoisotopic (exact) mass is 287 g/mol. The highest BCUT2D eigenvalue weighted by atomic mass is 32.2. The quantitative estimate of drug-likeness (QED) is 0.861. The van der Waals surface area contributed by atoms with E-state index >= 15 is 0 Å². The van der Waals surface area contributed by atoms with Crippen LogP contribution in [0.3, 0.4) is 0 Å². The fourth-order valence-corrected chi connectivity index (χ4v) is 4.45. The van der Waals surface area contributed by atoms with Crippen molar-refractivity contribution in [1.82, 2.24) is 5.32 Å². The zero-order chi connectivity index (χ0) is 13.9. The van der Waals surface area contributed by atoms with Crippen LogP contribution in [0.4, 0.5) is 0 Å².